The molecule has 2 rings (SSSR count). The third-order valence-electron chi connectivity index (χ3n) is 12.2. The Hall–Kier alpha value is -1.79. The van der Waals surface area contributed by atoms with Crippen LogP contribution in [0.15, 0.2) is 36.5 Å². The Kier molecular flexibility index (Phi) is 35.7. The van der Waals surface area contributed by atoms with Gasteiger partial charge in [0, 0.05) is 13.0 Å². The van der Waals surface area contributed by atoms with Crippen LogP contribution in [0.3, 0.4) is 0 Å². The van der Waals surface area contributed by atoms with Crippen LogP contribution in [0.25, 0.3) is 0 Å². The standard InChI is InChI=1S/C51H92O14/c1-3-5-7-9-11-13-15-17-18-19-20-21-23-25-27-29-31-33-35-60-37-40(63-43(53)34-32-30-28-26-24-22-16-14-12-10-8-6-4-2)38-61-50-49(59)47(57)45(55)42(65-50)39-62-51-48(58)46(56)44(54)41(36-52)64-51/h5,7,11,13,17-18,40-42,44-52,54-59H,3-4,6,8-10,12,14-16,19-39H2,1-2H3/b7-5-,13-11-,18-17-. The van der Waals surface area contributed by atoms with Crippen LogP contribution in [0.2, 0.25) is 0 Å². The number of carbonyl (C=O) groups is 1. The largest absolute Gasteiger partial charge is 0.457 e. The summed E-state index contributed by atoms with van der Waals surface area (Å²) >= 11 is 0. The SMILES string of the molecule is CC/C=C\C/C=C\C/C=C\CCCCCCCCCCOCC(COC1OC(COC2OC(CO)C(O)C(O)C2O)C(O)C(O)C1O)OC(=O)CCCCCCCCCCCCCCC. The molecule has 0 amide bonds. The third-order valence-corrected chi connectivity index (χ3v) is 12.2. The monoisotopic (exact) mass is 929 g/mol. The van der Waals surface area contributed by atoms with Gasteiger partial charge in [0.25, 0.3) is 0 Å². The lowest BCUT2D eigenvalue weighted by Crippen LogP contribution is -2.61. The van der Waals surface area contributed by atoms with Crippen molar-refractivity contribution in [1.29, 1.82) is 0 Å². The first-order chi connectivity index (χ1) is 31.6. The van der Waals surface area contributed by atoms with E-state index < -0.39 is 80.7 Å². The predicted octanol–water partition coefficient (Wildman–Crippen LogP) is 7.41. The first-order valence-electron chi connectivity index (χ1n) is 25.6. The smallest absolute Gasteiger partial charge is 0.306 e. The Labute approximate surface area is 391 Å². The topological polar surface area (TPSA) is 214 Å². The number of rotatable bonds is 40. The molecule has 0 spiro atoms. The van der Waals surface area contributed by atoms with E-state index in [0.29, 0.717) is 13.0 Å². The molecule has 2 fully saturated rings. The molecule has 11 atom stereocenters. The molecule has 0 aliphatic carbocycles. The number of aliphatic hydroxyl groups excluding tert-OH is 7. The van der Waals surface area contributed by atoms with Crippen LogP contribution >= 0.6 is 0 Å². The van der Waals surface area contributed by atoms with E-state index in [-0.39, 0.29) is 25.6 Å². The minimum atomic E-state index is -1.71. The fraction of sp³-hybridized carbons (Fsp3) is 0.863. The molecular formula is C51H92O14. The molecule has 2 heterocycles. The molecular weight excluding hydrogens is 837 g/mol. The molecule has 0 radical (unpaired) electrons. The van der Waals surface area contributed by atoms with E-state index >= 15 is 0 Å². The molecule has 11 unspecified atom stereocenters. The van der Waals surface area contributed by atoms with Crippen molar-refractivity contribution in [3.05, 3.63) is 36.5 Å². The number of hydrogen-bond donors (Lipinski definition) is 7. The number of esters is 1. The Morgan fingerprint density at radius 1 is 0.523 bits per heavy atom. The summed E-state index contributed by atoms with van der Waals surface area (Å²) in [6.45, 7) is 3.56. The van der Waals surface area contributed by atoms with Gasteiger partial charge >= 0.3 is 5.97 Å². The number of aliphatic hydroxyl groups is 7. The number of ether oxygens (including phenoxy) is 6. The van der Waals surface area contributed by atoms with Crippen molar-refractivity contribution in [3.63, 3.8) is 0 Å². The van der Waals surface area contributed by atoms with Gasteiger partial charge in [-0.1, -0.05) is 166 Å². The summed E-state index contributed by atoms with van der Waals surface area (Å²) in [6.07, 6.45) is 26.3. The number of allylic oxidation sites excluding steroid dienone is 6. The summed E-state index contributed by atoms with van der Waals surface area (Å²) in [4.78, 5) is 13.0. The molecule has 14 nitrogen and oxygen atoms in total. The average Bonchev–Trinajstić information content (AvgIpc) is 3.30. The number of hydrogen-bond acceptors (Lipinski definition) is 14. The van der Waals surface area contributed by atoms with Gasteiger partial charge in [-0.25, -0.2) is 0 Å². The van der Waals surface area contributed by atoms with Gasteiger partial charge in [-0.3, -0.25) is 4.79 Å². The van der Waals surface area contributed by atoms with Crippen LogP contribution < -0.4 is 0 Å². The molecule has 0 saturated carbocycles. The van der Waals surface area contributed by atoms with Gasteiger partial charge in [0.2, 0.25) is 0 Å². The van der Waals surface area contributed by atoms with Crippen molar-refractivity contribution in [1.82, 2.24) is 0 Å². The first kappa shape index (κ1) is 59.3. The maximum Gasteiger partial charge on any atom is 0.306 e. The van der Waals surface area contributed by atoms with Crippen LogP contribution in [-0.2, 0) is 33.2 Å². The van der Waals surface area contributed by atoms with E-state index in [1.165, 1.54) is 89.9 Å². The van der Waals surface area contributed by atoms with E-state index in [2.05, 4.69) is 50.3 Å². The predicted molar refractivity (Wildman–Crippen MR) is 252 cm³/mol. The van der Waals surface area contributed by atoms with Crippen molar-refractivity contribution in [2.45, 2.75) is 248 Å². The Morgan fingerprint density at radius 2 is 1.00 bits per heavy atom. The van der Waals surface area contributed by atoms with Crippen molar-refractivity contribution < 1.29 is 69.0 Å². The molecule has 0 bridgehead atoms. The maximum atomic E-state index is 13.0. The fourth-order valence-electron chi connectivity index (χ4n) is 8.01. The molecule has 65 heavy (non-hydrogen) atoms. The fourth-order valence-corrected chi connectivity index (χ4v) is 8.01. The lowest BCUT2D eigenvalue weighted by molar-refractivity contribution is -0.332. The molecule has 0 aromatic rings. The highest BCUT2D eigenvalue weighted by Crippen LogP contribution is 2.26. The van der Waals surface area contributed by atoms with Crippen molar-refractivity contribution in [2.75, 3.05) is 33.0 Å². The molecule has 380 valence electrons. The summed E-state index contributed by atoms with van der Waals surface area (Å²) < 4.78 is 34.3. The van der Waals surface area contributed by atoms with Crippen LogP contribution in [-0.4, -0.2) is 142 Å². The minimum absolute atomic E-state index is 0.0586. The summed E-state index contributed by atoms with van der Waals surface area (Å²) in [6, 6.07) is 0. The third kappa shape index (κ3) is 27.1. The number of unbranched alkanes of at least 4 members (excludes halogenated alkanes) is 20. The summed E-state index contributed by atoms with van der Waals surface area (Å²) in [5.74, 6) is -0.379. The highest BCUT2D eigenvalue weighted by molar-refractivity contribution is 5.69. The van der Waals surface area contributed by atoms with E-state index in [1.807, 2.05) is 0 Å². The van der Waals surface area contributed by atoms with E-state index in [4.69, 9.17) is 28.4 Å². The lowest BCUT2D eigenvalue weighted by Gasteiger charge is -2.42. The lowest BCUT2D eigenvalue weighted by atomic mass is 9.98. The number of carbonyl (C=O) groups excluding carboxylic acids is 1. The Morgan fingerprint density at radius 3 is 1.57 bits per heavy atom. The molecule has 2 aliphatic rings. The normalized spacial score (nSPS) is 26.8. The second kappa shape index (κ2) is 39.1. The van der Waals surface area contributed by atoms with Gasteiger partial charge in [0.15, 0.2) is 12.6 Å². The molecule has 0 aromatic heterocycles. The van der Waals surface area contributed by atoms with Gasteiger partial charge in [-0.15, -0.1) is 0 Å². The minimum Gasteiger partial charge on any atom is -0.457 e. The van der Waals surface area contributed by atoms with Crippen molar-refractivity contribution in [3.8, 4) is 0 Å². The molecule has 0 aromatic carbocycles. The molecule has 7 N–H and O–H groups in total. The second-order valence-electron chi connectivity index (χ2n) is 18.0. The van der Waals surface area contributed by atoms with Crippen molar-refractivity contribution >= 4 is 5.97 Å². The van der Waals surface area contributed by atoms with Gasteiger partial charge < -0.3 is 64.2 Å². The van der Waals surface area contributed by atoms with Crippen molar-refractivity contribution in [2.24, 2.45) is 0 Å². The highest BCUT2D eigenvalue weighted by Gasteiger charge is 2.47. The Balaban J connectivity index is 1.76. The van der Waals surface area contributed by atoms with Crippen LogP contribution in [0, 0.1) is 0 Å². The molecule has 14 heteroatoms. The zero-order valence-electron chi connectivity index (χ0n) is 40.2. The summed E-state index contributed by atoms with van der Waals surface area (Å²) in [5, 5.41) is 72.1. The molecule has 2 saturated heterocycles. The van der Waals surface area contributed by atoms with Gasteiger partial charge in [-0.05, 0) is 44.9 Å². The highest BCUT2D eigenvalue weighted by atomic mass is 16.7. The van der Waals surface area contributed by atoms with Crippen LogP contribution in [0.1, 0.15) is 181 Å². The zero-order valence-corrected chi connectivity index (χ0v) is 40.2. The van der Waals surface area contributed by atoms with E-state index in [9.17, 15) is 40.5 Å². The molecule has 2 aliphatic heterocycles. The second-order valence-corrected chi connectivity index (χ2v) is 18.0. The van der Waals surface area contributed by atoms with E-state index in [0.717, 1.165) is 64.2 Å². The summed E-state index contributed by atoms with van der Waals surface area (Å²) in [5.41, 5.74) is 0. The first-order valence-corrected chi connectivity index (χ1v) is 25.6. The maximum absolute atomic E-state index is 13.0. The van der Waals surface area contributed by atoms with Crippen LogP contribution in [0.4, 0.5) is 0 Å². The van der Waals surface area contributed by atoms with Gasteiger partial charge in [-0.2, -0.15) is 0 Å². The van der Waals surface area contributed by atoms with E-state index in [1.54, 1.807) is 0 Å². The average molecular weight is 929 g/mol. The Bertz CT molecular complexity index is 1220. The quantitative estimate of drug-likeness (QED) is 0.0181. The summed E-state index contributed by atoms with van der Waals surface area (Å²) in [7, 11) is 0. The van der Waals surface area contributed by atoms with Crippen LogP contribution in [0.5, 0.6) is 0 Å². The van der Waals surface area contributed by atoms with Gasteiger partial charge in [0.05, 0.1) is 26.4 Å². The van der Waals surface area contributed by atoms with Gasteiger partial charge in [0.1, 0.15) is 54.9 Å². The zero-order chi connectivity index (χ0) is 47.3.